The summed E-state index contributed by atoms with van der Waals surface area (Å²) in [6.45, 7) is 1.34. The van der Waals surface area contributed by atoms with Crippen LogP contribution in [-0.4, -0.2) is 28.2 Å². The van der Waals surface area contributed by atoms with Crippen molar-refractivity contribution in [3.8, 4) is 0 Å². The van der Waals surface area contributed by atoms with Crippen LogP contribution in [0.5, 0.6) is 0 Å². The molecule has 1 fully saturated rings. The number of aliphatic hydroxyl groups excluding tert-OH is 1. The quantitative estimate of drug-likeness (QED) is 0.710. The molecule has 92 valence electrons. The average molecular weight is 366 g/mol. The number of carbonyl (C=O) groups is 1. The fraction of sp³-hybridized carbons (Fsp3) is 0.300. The Morgan fingerprint density at radius 2 is 2.06 bits per heavy atom. The monoisotopic (exact) mass is 364 g/mol. The minimum Gasteiger partial charge on any atom is -0.369 e. The fourth-order valence-corrected chi connectivity index (χ4v) is 2.21. The van der Waals surface area contributed by atoms with Crippen molar-refractivity contribution in [1.82, 2.24) is 5.32 Å². The summed E-state index contributed by atoms with van der Waals surface area (Å²) < 4.78 is 1.59. The maximum Gasteiger partial charge on any atom is 0.326 e. The SMILES string of the molecule is CC1(O)NC(=O)N(c2ccc(Br)c(Br)c2)C1O. The van der Waals surface area contributed by atoms with Crippen LogP contribution in [0.2, 0.25) is 0 Å². The summed E-state index contributed by atoms with van der Waals surface area (Å²) in [5.74, 6) is 0. The summed E-state index contributed by atoms with van der Waals surface area (Å²) in [6, 6.07) is 4.54. The summed E-state index contributed by atoms with van der Waals surface area (Å²) in [4.78, 5) is 12.8. The molecule has 1 aliphatic rings. The van der Waals surface area contributed by atoms with Gasteiger partial charge in [-0.05, 0) is 57.0 Å². The maximum absolute atomic E-state index is 11.7. The van der Waals surface area contributed by atoms with Crippen molar-refractivity contribution in [1.29, 1.82) is 0 Å². The first kappa shape index (κ1) is 12.8. The molecule has 17 heavy (non-hydrogen) atoms. The number of hydrogen-bond donors (Lipinski definition) is 3. The van der Waals surface area contributed by atoms with Crippen molar-refractivity contribution in [3.63, 3.8) is 0 Å². The molecule has 2 amide bonds. The fourth-order valence-electron chi connectivity index (χ4n) is 1.60. The topological polar surface area (TPSA) is 72.8 Å². The number of nitrogens with one attached hydrogen (secondary N) is 1. The van der Waals surface area contributed by atoms with E-state index in [0.717, 1.165) is 13.8 Å². The molecule has 2 atom stereocenters. The Bertz CT molecular complexity index is 479. The molecule has 5 nitrogen and oxygen atoms in total. The van der Waals surface area contributed by atoms with Crippen LogP contribution in [0.1, 0.15) is 6.92 Å². The van der Waals surface area contributed by atoms with Gasteiger partial charge in [0.25, 0.3) is 0 Å². The third kappa shape index (κ3) is 2.20. The predicted molar refractivity (Wildman–Crippen MR) is 69.5 cm³/mol. The van der Waals surface area contributed by atoms with Gasteiger partial charge in [-0.2, -0.15) is 0 Å². The number of amides is 2. The molecule has 1 aromatic rings. The first-order valence-electron chi connectivity index (χ1n) is 4.80. The van der Waals surface area contributed by atoms with E-state index in [-0.39, 0.29) is 0 Å². The summed E-state index contributed by atoms with van der Waals surface area (Å²) >= 11 is 6.62. The molecule has 0 radical (unpaired) electrons. The zero-order chi connectivity index (χ0) is 12.8. The van der Waals surface area contributed by atoms with Crippen molar-refractivity contribution < 1.29 is 15.0 Å². The molecule has 0 spiro atoms. The van der Waals surface area contributed by atoms with Gasteiger partial charge in [-0.1, -0.05) is 0 Å². The standard InChI is InChI=1S/C10H10Br2N2O3/c1-10(17)8(15)14(9(16)13-10)5-2-3-6(11)7(12)4-5/h2-4,8,15,17H,1H3,(H,13,16). The van der Waals surface area contributed by atoms with Crippen LogP contribution in [0.3, 0.4) is 0 Å². The molecule has 1 aliphatic heterocycles. The van der Waals surface area contributed by atoms with Gasteiger partial charge in [-0.15, -0.1) is 0 Å². The van der Waals surface area contributed by atoms with Gasteiger partial charge in [0.05, 0.1) is 0 Å². The van der Waals surface area contributed by atoms with Gasteiger partial charge < -0.3 is 15.5 Å². The molecule has 1 saturated heterocycles. The number of anilines is 1. The summed E-state index contributed by atoms with van der Waals surface area (Å²) in [5.41, 5.74) is -1.17. The minimum absolute atomic E-state index is 0.489. The van der Waals surface area contributed by atoms with Gasteiger partial charge in [0.2, 0.25) is 0 Å². The molecular weight excluding hydrogens is 356 g/mol. The van der Waals surface area contributed by atoms with Crippen LogP contribution in [0.25, 0.3) is 0 Å². The lowest BCUT2D eigenvalue weighted by molar-refractivity contribution is -0.0517. The van der Waals surface area contributed by atoms with Crippen LogP contribution < -0.4 is 10.2 Å². The second-order valence-corrected chi connectivity index (χ2v) is 5.63. The van der Waals surface area contributed by atoms with E-state index >= 15 is 0 Å². The van der Waals surface area contributed by atoms with Crippen molar-refractivity contribution in [2.24, 2.45) is 0 Å². The van der Waals surface area contributed by atoms with Crippen molar-refractivity contribution >= 4 is 43.6 Å². The van der Waals surface area contributed by atoms with Gasteiger partial charge in [-0.25, -0.2) is 4.79 Å². The largest absolute Gasteiger partial charge is 0.369 e. The summed E-state index contributed by atoms with van der Waals surface area (Å²) in [7, 11) is 0. The number of hydrogen-bond acceptors (Lipinski definition) is 3. The molecule has 0 bridgehead atoms. The predicted octanol–water partition coefficient (Wildman–Crippen LogP) is 1.77. The van der Waals surface area contributed by atoms with Crippen LogP contribution in [-0.2, 0) is 0 Å². The number of nitrogens with zero attached hydrogens (tertiary/aromatic N) is 1. The van der Waals surface area contributed by atoms with Gasteiger partial charge in [-0.3, -0.25) is 4.90 Å². The highest BCUT2D eigenvalue weighted by molar-refractivity contribution is 9.13. The molecule has 3 N–H and O–H groups in total. The molecule has 1 heterocycles. The number of halogens is 2. The highest BCUT2D eigenvalue weighted by Crippen LogP contribution is 2.32. The Kier molecular flexibility index (Phi) is 3.19. The van der Waals surface area contributed by atoms with Crippen molar-refractivity contribution in [3.05, 3.63) is 27.1 Å². The van der Waals surface area contributed by atoms with Gasteiger partial charge in [0, 0.05) is 14.6 Å². The Balaban J connectivity index is 2.40. The molecule has 0 aromatic heterocycles. The van der Waals surface area contributed by atoms with E-state index in [1.165, 1.54) is 6.92 Å². The van der Waals surface area contributed by atoms with Crippen molar-refractivity contribution in [2.45, 2.75) is 18.9 Å². The molecular formula is C10H10Br2N2O3. The average Bonchev–Trinajstić information content (AvgIpc) is 2.42. The van der Waals surface area contributed by atoms with Crippen molar-refractivity contribution in [2.75, 3.05) is 4.90 Å². The zero-order valence-corrected chi connectivity index (χ0v) is 12.0. The summed E-state index contributed by atoms with van der Waals surface area (Å²) in [5, 5.41) is 21.9. The van der Waals surface area contributed by atoms with E-state index in [2.05, 4.69) is 37.2 Å². The van der Waals surface area contributed by atoms with Crippen LogP contribution in [0.4, 0.5) is 10.5 Å². The molecule has 0 aliphatic carbocycles. The van der Waals surface area contributed by atoms with Gasteiger partial charge in [0.15, 0.2) is 12.0 Å². The molecule has 1 aromatic carbocycles. The number of carbonyl (C=O) groups excluding carboxylic acids is 1. The van der Waals surface area contributed by atoms with Crippen LogP contribution in [0, 0.1) is 0 Å². The van der Waals surface area contributed by atoms with Crippen LogP contribution >= 0.6 is 31.9 Å². The van der Waals surface area contributed by atoms with E-state index in [9.17, 15) is 15.0 Å². The third-order valence-electron chi connectivity index (χ3n) is 2.51. The van der Waals surface area contributed by atoms with Crippen LogP contribution in [0.15, 0.2) is 27.1 Å². The van der Waals surface area contributed by atoms with Gasteiger partial charge in [0.1, 0.15) is 0 Å². The minimum atomic E-state index is -1.66. The highest BCUT2D eigenvalue weighted by Gasteiger charge is 2.47. The normalized spacial score (nSPS) is 28.4. The first-order chi connectivity index (χ1) is 7.83. The Morgan fingerprint density at radius 3 is 2.53 bits per heavy atom. The highest BCUT2D eigenvalue weighted by atomic mass is 79.9. The number of aliphatic hydroxyl groups is 2. The first-order valence-corrected chi connectivity index (χ1v) is 6.38. The Morgan fingerprint density at radius 1 is 1.41 bits per heavy atom. The van der Waals surface area contributed by atoms with E-state index in [4.69, 9.17) is 0 Å². The van der Waals surface area contributed by atoms with E-state index in [0.29, 0.717) is 5.69 Å². The smallest absolute Gasteiger partial charge is 0.326 e. The number of benzene rings is 1. The summed E-state index contributed by atoms with van der Waals surface area (Å²) in [6.07, 6.45) is -1.33. The van der Waals surface area contributed by atoms with E-state index < -0.39 is 18.0 Å². The number of rotatable bonds is 1. The molecule has 0 saturated carbocycles. The van der Waals surface area contributed by atoms with E-state index in [1.54, 1.807) is 18.2 Å². The molecule has 7 heteroatoms. The Hall–Kier alpha value is -0.630. The zero-order valence-electron chi connectivity index (χ0n) is 8.82. The lowest BCUT2D eigenvalue weighted by Gasteiger charge is -2.24. The van der Waals surface area contributed by atoms with Gasteiger partial charge >= 0.3 is 6.03 Å². The second kappa shape index (κ2) is 4.24. The third-order valence-corrected chi connectivity index (χ3v) is 4.39. The molecule has 2 unspecified atom stereocenters. The lowest BCUT2D eigenvalue weighted by atomic mass is 10.2. The molecule has 2 rings (SSSR count). The van der Waals surface area contributed by atoms with E-state index in [1.807, 2.05) is 0 Å². The number of urea groups is 1. The Labute approximate surface area is 115 Å². The lowest BCUT2D eigenvalue weighted by Crippen LogP contribution is -2.47. The maximum atomic E-state index is 11.7. The second-order valence-electron chi connectivity index (χ2n) is 3.92.